The summed E-state index contributed by atoms with van der Waals surface area (Å²) >= 11 is 1.60. The molecule has 0 atom stereocenters. The highest BCUT2D eigenvalue weighted by Crippen LogP contribution is 2.27. The predicted molar refractivity (Wildman–Crippen MR) is 99.8 cm³/mol. The minimum absolute atomic E-state index is 0.0467. The Morgan fingerprint density at radius 1 is 1.24 bits per heavy atom. The highest BCUT2D eigenvalue weighted by Gasteiger charge is 2.21. The van der Waals surface area contributed by atoms with Gasteiger partial charge in [0, 0.05) is 31.7 Å². The van der Waals surface area contributed by atoms with Crippen LogP contribution in [0.15, 0.2) is 54.0 Å². The molecule has 0 bridgehead atoms. The van der Waals surface area contributed by atoms with E-state index < -0.39 is 0 Å². The Morgan fingerprint density at radius 3 is 2.76 bits per heavy atom. The SMILES string of the molecule is O=C(NCC1CNC1)c1cn(Cc2ccccc2)nc1-c1cccs1. The van der Waals surface area contributed by atoms with E-state index in [-0.39, 0.29) is 5.91 Å². The van der Waals surface area contributed by atoms with Crippen molar-refractivity contribution in [3.05, 3.63) is 65.2 Å². The lowest BCUT2D eigenvalue weighted by Gasteiger charge is -2.27. The molecule has 5 nitrogen and oxygen atoms in total. The molecule has 6 heteroatoms. The molecule has 0 spiro atoms. The Morgan fingerprint density at radius 2 is 2.08 bits per heavy atom. The first kappa shape index (κ1) is 16.1. The quantitative estimate of drug-likeness (QED) is 0.717. The molecule has 0 radical (unpaired) electrons. The maximum atomic E-state index is 12.7. The zero-order valence-electron chi connectivity index (χ0n) is 13.8. The van der Waals surface area contributed by atoms with E-state index in [0.717, 1.165) is 29.2 Å². The largest absolute Gasteiger partial charge is 0.352 e. The fourth-order valence-electron chi connectivity index (χ4n) is 2.86. The third kappa shape index (κ3) is 3.65. The summed E-state index contributed by atoms with van der Waals surface area (Å²) in [5.41, 5.74) is 2.57. The van der Waals surface area contributed by atoms with Crippen LogP contribution in [0.2, 0.25) is 0 Å². The number of rotatable bonds is 6. The summed E-state index contributed by atoms with van der Waals surface area (Å²) in [6.07, 6.45) is 1.86. The monoisotopic (exact) mass is 352 g/mol. The second-order valence-electron chi connectivity index (χ2n) is 6.29. The standard InChI is InChI=1S/C19H20N4OS/c24-19(21-11-15-9-20-10-15)16-13-23(12-14-5-2-1-3-6-14)22-18(16)17-7-4-8-25-17/h1-8,13,15,20H,9-12H2,(H,21,24). The Labute approximate surface area is 150 Å². The van der Waals surface area contributed by atoms with Crippen molar-refractivity contribution in [3.63, 3.8) is 0 Å². The van der Waals surface area contributed by atoms with Crippen molar-refractivity contribution in [1.82, 2.24) is 20.4 Å². The summed E-state index contributed by atoms with van der Waals surface area (Å²) < 4.78 is 1.85. The molecule has 128 valence electrons. The molecule has 0 aliphatic carbocycles. The maximum absolute atomic E-state index is 12.7. The van der Waals surface area contributed by atoms with E-state index in [9.17, 15) is 4.79 Å². The van der Waals surface area contributed by atoms with Gasteiger partial charge in [-0.15, -0.1) is 11.3 Å². The van der Waals surface area contributed by atoms with Crippen molar-refractivity contribution >= 4 is 17.2 Å². The molecule has 1 aromatic carbocycles. The summed E-state index contributed by atoms with van der Waals surface area (Å²) in [4.78, 5) is 13.7. The van der Waals surface area contributed by atoms with Gasteiger partial charge in [-0.1, -0.05) is 36.4 Å². The smallest absolute Gasteiger partial charge is 0.255 e. The van der Waals surface area contributed by atoms with Crippen molar-refractivity contribution in [2.24, 2.45) is 5.92 Å². The van der Waals surface area contributed by atoms with Gasteiger partial charge in [-0.3, -0.25) is 9.48 Å². The van der Waals surface area contributed by atoms with E-state index in [1.165, 1.54) is 0 Å². The summed E-state index contributed by atoms with van der Waals surface area (Å²) in [5, 5.41) is 13.0. The zero-order chi connectivity index (χ0) is 17.1. The van der Waals surface area contributed by atoms with Crippen LogP contribution in [0.4, 0.5) is 0 Å². The lowest BCUT2D eigenvalue weighted by atomic mass is 10.0. The van der Waals surface area contributed by atoms with Crippen LogP contribution in [0.1, 0.15) is 15.9 Å². The van der Waals surface area contributed by atoms with Crippen LogP contribution >= 0.6 is 11.3 Å². The number of nitrogens with zero attached hydrogens (tertiary/aromatic N) is 2. The molecule has 3 aromatic rings. The highest BCUT2D eigenvalue weighted by molar-refractivity contribution is 7.13. The second kappa shape index (κ2) is 7.21. The number of amides is 1. The molecule has 0 unspecified atom stereocenters. The zero-order valence-corrected chi connectivity index (χ0v) is 14.6. The van der Waals surface area contributed by atoms with E-state index in [1.54, 1.807) is 11.3 Å². The number of nitrogens with one attached hydrogen (secondary N) is 2. The Balaban J connectivity index is 1.58. The molecule has 25 heavy (non-hydrogen) atoms. The van der Waals surface area contributed by atoms with Crippen LogP contribution in [-0.4, -0.2) is 35.3 Å². The maximum Gasteiger partial charge on any atom is 0.255 e. The predicted octanol–water partition coefficient (Wildman–Crippen LogP) is 2.61. The fourth-order valence-corrected chi connectivity index (χ4v) is 3.58. The molecule has 0 saturated carbocycles. The van der Waals surface area contributed by atoms with Gasteiger partial charge in [-0.05, 0) is 17.0 Å². The summed E-state index contributed by atoms with van der Waals surface area (Å²) in [5.74, 6) is 0.489. The van der Waals surface area contributed by atoms with Gasteiger partial charge in [-0.25, -0.2) is 0 Å². The van der Waals surface area contributed by atoms with Crippen LogP contribution < -0.4 is 10.6 Å². The third-order valence-electron chi connectivity index (χ3n) is 4.37. The van der Waals surface area contributed by atoms with Crippen LogP contribution in [0.25, 0.3) is 10.6 Å². The highest BCUT2D eigenvalue weighted by atomic mass is 32.1. The molecular weight excluding hydrogens is 332 g/mol. The van der Waals surface area contributed by atoms with Gasteiger partial charge < -0.3 is 10.6 Å². The number of carbonyl (C=O) groups is 1. The Hall–Kier alpha value is -2.44. The van der Waals surface area contributed by atoms with Gasteiger partial charge in [0.15, 0.2) is 0 Å². The number of aromatic nitrogens is 2. The number of benzene rings is 1. The van der Waals surface area contributed by atoms with E-state index in [1.807, 2.05) is 46.6 Å². The summed E-state index contributed by atoms with van der Waals surface area (Å²) in [7, 11) is 0. The van der Waals surface area contributed by atoms with Gasteiger partial charge in [0.1, 0.15) is 5.69 Å². The van der Waals surface area contributed by atoms with Crippen molar-refractivity contribution in [1.29, 1.82) is 0 Å². The van der Waals surface area contributed by atoms with Crippen LogP contribution in [0.3, 0.4) is 0 Å². The van der Waals surface area contributed by atoms with Crippen molar-refractivity contribution in [2.45, 2.75) is 6.54 Å². The first-order chi connectivity index (χ1) is 12.3. The third-order valence-corrected chi connectivity index (χ3v) is 5.24. The second-order valence-corrected chi connectivity index (χ2v) is 7.23. The fraction of sp³-hybridized carbons (Fsp3) is 0.263. The molecule has 2 aromatic heterocycles. The summed E-state index contributed by atoms with van der Waals surface area (Å²) in [6.45, 7) is 3.31. The number of thiophene rings is 1. The summed E-state index contributed by atoms with van der Waals surface area (Å²) in [6, 6.07) is 14.1. The van der Waals surface area contributed by atoms with Gasteiger partial charge in [0.05, 0.1) is 17.0 Å². The molecule has 1 aliphatic rings. The average molecular weight is 352 g/mol. The van der Waals surface area contributed by atoms with Gasteiger partial charge >= 0.3 is 0 Å². The molecule has 4 rings (SSSR count). The number of hydrogen-bond donors (Lipinski definition) is 2. The number of carbonyl (C=O) groups excluding carboxylic acids is 1. The van der Waals surface area contributed by atoms with E-state index in [2.05, 4.69) is 27.9 Å². The molecular formula is C19H20N4OS. The topological polar surface area (TPSA) is 59.0 Å². The van der Waals surface area contributed by atoms with Gasteiger partial charge in [0.2, 0.25) is 0 Å². The minimum Gasteiger partial charge on any atom is -0.352 e. The average Bonchev–Trinajstić information content (AvgIpc) is 3.23. The lowest BCUT2D eigenvalue weighted by Crippen LogP contribution is -2.48. The molecule has 1 saturated heterocycles. The first-order valence-corrected chi connectivity index (χ1v) is 9.32. The van der Waals surface area contributed by atoms with E-state index >= 15 is 0 Å². The van der Waals surface area contributed by atoms with Crippen LogP contribution in [-0.2, 0) is 6.54 Å². The van der Waals surface area contributed by atoms with Crippen molar-refractivity contribution in [3.8, 4) is 10.6 Å². The van der Waals surface area contributed by atoms with E-state index in [4.69, 9.17) is 0 Å². The molecule has 3 heterocycles. The van der Waals surface area contributed by atoms with E-state index in [0.29, 0.717) is 24.6 Å². The molecule has 1 aliphatic heterocycles. The minimum atomic E-state index is -0.0467. The Bertz CT molecular complexity index is 838. The number of hydrogen-bond acceptors (Lipinski definition) is 4. The van der Waals surface area contributed by atoms with Gasteiger partial charge in [0.25, 0.3) is 5.91 Å². The molecule has 1 fully saturated rings. The van der Waals surface area contributed by atoms with Crippen molar-refractivity contribution < 1.29 is 4.79 Å². The molecule has 2 N–H and O–H groups in total. The van der Waals surface area contributed by atoms with Crippen molar-refractivity contribution in [2.75, 3.05) is 19.6 Å². The van der Waals surface area contributed by atoms with Crippen LogP contribution in [0, 0.1) is 5.92 Å². The lowest BCUT2D eigenvalue weighted by molar-refractivity contribution is 0.0943. The Kier molecular flexibility index (Phi) is 4.63. The normalized spacial score (nSPS) is 14.2. The molecule has 1 amide bonds. The van der Waals surface area contributed by atoms with Crippen LogP contribution in [0.5, 0.6) is 0 Å². The van der Waals surface area contributed by atoms with Gasteiger partial charge in [-0.2, -0.15) is 5.10 Å². The first-order valence-electron chi connectivity index (χ1n) is 8.44.